The number of rotatable bonds is 9. The van der Waals surface area contributed by atoms with Crippen LogP contribution >= 0.6 is 0 Å². The molecule has 0 spiro atoms. The van der Waals surface area contributed by atoms with Gasteiger partial charge in [0.15, 0.2) is 0 Å². The van der Waals surface area contributed by atoms with Gasteiger partial charge in [0.05, 0.1) is 16.8 Å². The quantitative estimate of drug-likeness (QED) is 0.506. The number of hydrogen-bond acceptors (Lipinski definition) is 5. The largest absolute Gasteiger partial charge is 0.478 e. The number of carboxylic acids is 1. The number of benzene rings is 2. The van der Waals surface area contributed by atoms with Crippen molar-refractivity contribution < 1.29 is 14.7 Å². The maximum atomic E-state index is 12.7. The summed E-state index contributed by atoms with van der Waals surface area (Å²) in [6, 6.07) is 17.2. The molecular formula is C28H34N4O3. The fourth-order valence-corrected chi connectivity index (χ4v) is 4.82. The molecule has 0 radical (unpaired) electrons. The van der Waals surface area contributed by atoms with Crippen LogP contribution in [0.5, 0.6) is 0 Å². The van der Waals surface area contributed by atoms with Gasteiger partial charge in [0.25, 0.3) is 0 Å². The molecule has 7 heteroatoms. The molecule has 1 N–H and O–H groups in total. The van der Waals surface area contributed by atoms with Crippen LogP contribution in [-0.2, 0) is 11.3 Å². The van der Waals surface area contributed by atoms with E-state index in [4.69, 9.17) is 4.98 Å². The predicted molar refractivity (Wildman–Crippen MR) is 138 cm³/mol. The van der Waals surface area contributed by atoms with E-state index in [2.05, 4.69) is 23.6 Å². The molecule has 0 saturated carbocycles. The maximum Gasteiger partial charge on any atom is 0.336 e. The molecule has 0 aliphatic carbocycles. The molecule has 2 aromatic carbocycles. The third-order valence-corrected chi connectivity index (χ3v) is 6.90. The van der Waals surface area contributed by atoms with Crippen LogP contribution in [0.3, 0.4) is 0 Å². The minimum Gasteiger partial charge on any atom is -0.478 e. The number of nitrogens with zero attached hydrogens (tertiary/aromatic N) is 4. The molecule has 7 nitrogen and oxygen atoms in total. The molecule has 3 aromatic rings. The molecule has 184 valence electrons. The van der Waals surface area contributed by atoms with Crippen molar-refractivity contribution in [2.24, 2.45) is 0 Å². The first-order valence-electron chi connectivity index (χ1n) is 12.4. The number of carbonyl (C=O) groups is 2. The molecule has 0 unspecified atom stereocenters. The lowest BCUT2D eigenvalue weighted by molar-refractivity contribution is -0.133. The van der Waals surface area contributed by atoms with Gasteiger partial charge in [-0.25, -0.2) is 9.78 Å². The van der Waals surface area contributed by atoms with Gasteiger partial charge in [-0.3, -0.25) is 9.69 Å². The Morgan fingerprint density at radius 3 is 2.26 bits per heavy atom. The number of carbonyl (C=O) groups excluding carboxylic acids is 1. The molecule has 2 heterocycles. The Bertz CT molecular complexity index is 1170. The summed E-state index contributed by atoms with van der Waals surface area (Å²) in [5, 5.41) is 10.9. The smallest absolute Gasteiger partial charge is 0.336 e. The van der Waals surface area contributed by atoms with E-state index in [0.717, 1.165) is 30.8 Å². The van der Waals surface area contributed by atoms with E-state index in [9.17, 15) is 14.7 Å². The van der Waals surface area contributed by atoms with E-state index in [1.165, 1.54) is 0 Å². The summed E-state index contributed by atoms with van der Waals surface area (Å²) in [7, 11) is 0. The molecule has 1 fully saturated rings. The lowest BCUT2D eigenvalue weighted by Crippen LogP contribution is -2.49. The van der Waals surface area contributed by atoms with Gasteiger partial charge in [-0.2, -0.15) is 0 Å². The average Bonchev–Trinajstić information content (AvgIpc) is 2.89. The highest BCUT2D eigenvalue weighted by Crippen LogP contribution is 2.31. The van der Waals surface area contributed by atoms with Gasteiger partial charge in [-0.15, -0.1) is 0 Å². The van der Waals surface area contributed by atoms with Crippen molar-refractivity contribution in [3.05, 3.63) is 65.7 Å². The SMILES string of the molecule is CCN(CC)CCC(=O)N1CCN(Cc2c(-c3ccccc3)nc3ccccc3c2C(=O)O)CC1. The number of carboxylic acid groups (broad SMARTS) is 1. The third-order valence-electron chi connectivity index (χ3n) is 6.90. The second-order valence-corrected chi connectivity index (χ2v) is 8.94. The number of fused-ring (bicyclic) bond motifs is 1. The summed E-state index contributed by atoms with van der Waals surface area (Å²) in [6.45, 7) is 10.1. The summed E-state index contributed by atoms with van der Waals surface area (Å²) in [5.74, 6) is -0.749. The number of amides is 1. The van der Waals surface area contributed by atoms with E-state index >= 15 is 0 Å². The maximum absolute atomic E-state index is 12.7. The first-order chi connectivity index (χ1) is 17.0. The zero-order valence-corrected chi connectivity index (χ0v) is 20.6. The lowest BCUT2D eigenvalue weighted by atomic mass is 9.96. The first kappa shape index (κ1) is 24.8. The standard InChI is InChI=1S/C28H34N4O3/c1-3-30(4-2)15-14-25(33)32-18-16-31(17-19-32)20-23-26(28(34)35)22-12-8-9-13-24(22)29-27(23)21-10-6-5-7-11-21/h5-13H,3-4,14-20H2,1-2H3,(H,34,35). The molecule has 1 amide bonds. The van der Waals surface area contributed by atoms with E-state index in [0.29, 0.717) is 61.3 Å². The lowest BCUT2D eigenvalue weighted by Gasteiger charge is -2.35. The molecule has 0 atom stereocenters. The van der Waals surface area contributed by atoms with Crippen LogP contribution in [0.1, 0.15) is 36.2 Å². The third kappa shape index (κ3) is 5.69. The highest BCUT2D eigenvalue weighted by atomic mass is 16.4. The van der Waals surface area contributed by atoms with E-state index in [1.807, 2.05) is 59.5 Å². The Balaban J connectivity index is 1.56. The molecule has 1 saturated heterocycles. The van der Waals surface area contributed by atoms with Crippen LogP contribution in [0.4, 0.5) is 0 Å². The summed E-state index contributed by atoms with van der Waals surface area (Å²) < 4.78 is 0. The van der Waals surface area contributed by atoms with Crippen molar-refractivity contribution in [3.63, 3.8) is 0 Å². The summed E-state index contributed by atoms with van der Waals surface area (Å²) in [4.78, 5) is 36.5. The van der Waals surface area contributed by atoms with Gasteiger partial charge < -0.3 is 14.9 Å². The second-order valence-electron chi connectivity index (χ2n) is 8.94. The highest BCUT2D eigenvalue weighted by Gasteiger charge is 2.26. The summed E-state index contributed by atoms with van der Waals surface area (Å²) in [5.41, 5.74) is 3.33. The topological polar surface area (TPSA) is 77.0 Å². The van der Waals surface area contributed by atoms with Crippen LogP contribution in [-0.4, -0.2) is 82.5 Å². The van der Waals surface area contributed by atoms with Crippen LogP contribution in [0, 0.1) is 0 Å². The predicted octanol–water partition coefficient (Wildman–Crippen LogP) is 3.98. The first-order valence-corrected chi connectivity index (χ1v) is 12.4. The van der Waals surface area contributed by atoms with Gasteiger partial charge in [-0.1, -0.05) is 62.4 Å². The molecule has 35 heavy (non-hydrogen) atoms. The number of aromatic nitrogens is 1. The zero-order chi connectivity index (χ0) is 24.8. The van der Waals surface area contributed by atoms with Crippen molar-refractivity contribution in [2.45, 2.75) is 26.8 Å². The summed E-state index contributed by atoms with van der Waals surface area (Å²) >= 11 is 0. The van der Waals surface area contributed by atoms with Crippen LogP contribution in [0.25, 0.3) is 22.2 Å². The van der Waals surface area contributed by atoms with Gasteiger partial charge in [0.1, 0.15) is 0 Å². The number of piperazine rings is 1. The van der Waals surface area contributed by atoms with Gasteiger partial charge in [0.2, 0.25) is 5.91 Å². The number of para-hydroxylation sites is 1. The van der Waals surface area contributed by atoms with Crippen LogP contribution in [0.2, 0.25) is 0 Å². The van der Waals surface area contributed by atoms with Crippen molar-refractivity contribution in [3.8, 4) is 11.3 Å². The van der Waals surface area contributed by atoms with Gasteiger partial charge >= 0.3 is 5.97 Å². The van der Waals surface area contributed by atoms with E-state index in [1.54, 1.807) is 0 Å². The summed E-state index contributed by atoms with van der Waals surface area (Å²) in [6.07, 6.45) is 0.539. The number of hydrogen-bond donors (Lipinski definition) is 1. The second kappa shape index (κ2) is 11.4. The van der Waals surface area contributed by atoms with E-state index in [-0.39, 0.29) is 5.91 Å². The molecule has 1 aromatic heterocycles. The molecule has 1 aliphatic heterocycles. The van der Waals surface area contributed by atoms with Crippen LogP contribution < -0.4 is 0 Å². The van der Waals surface area contributed by atoms with Crippen molar-refractivity contribution in [1.82, 2.24) is 19.7 Å². The van der Waals surface area contributed by atoms with Crippen molar-refractivity contribution in [1.29, 1.82) is 0 Å². The Kier molecular flexibility index (Phi) is 8.10. The Hall–Kier alpha value is -3.29. The highest BCUT2D eigenvalue weighted by molar-refractivity contribution is 6.05. The molecule has 4 rings (SSSR count). The zero-order valence-electron chi connectivity index (χ0n) is 20.6. The van der Waals surface area contributed by atoms with Crippen LogP contribution in [0.15, 0.2) is 54.6 Å². The fraction of sp³-hybridized carbons (Fsp3) is 0.393. The molecular weight excluding hydrogens is 440 g/mol. The Labute approximate surface area is 207 Å². The normalized spacial score (nSPS) is 14.5. The van der Waals surface area contributed by atoms with Gasteiger partial charge in [0, 0.05) is 62.2 Å². The van der Waals surface area contributed by atoms with E-state index < -0.39 is 5.97 Å². The van der Waals surface area contributed by atoms with Crippen molar-refractivity contribution >= 4 is 22.8 Å². The van der Waals surface area contributed by atoms with Gasteiger partial charge in [-0.05, 0) is 19.2 Å². The minimum atomic E-state index is -0.944. The Morgan fingerprint density at radius 1 is 0.943 bits per heavy atom. The average molecular weight is 475 g/mol. The molecule has 1 aliphatic rings. The minimum absolute atomic E-state index is 0.195. The molecule has 0 bridgehead atoms. The monoisotopic (exact) mass is 474 g/mol. The number of aromatic carboxylic acids is 1. The Morgan fingerprint density at radius 2 is 1.60 bits per heavy atom. The van der Waals surface area contributed by atoms with Crippen molar-refractivity contribution in [2.75, 3.05) is 45.8 Å². The number of pyridine rings is 1. The fourth-order valence-electron chi connectivity index (χ4n) is 4.82.